The molecule has 1 amide bonds. The van der Waals surface area contributed by atoms with E-state index in [0.717, 1.165) is 40.9 Å². The highest BCUT2D eigenvalue weighted by molar-refractivity contribution is 7.97. The topological polar surface area (TPSA) is 82.1 Å². The van der Waals surface area contributed by atoms with Crippen molar-refractivity contribution >= 4 is 35.2 Å². The van der Waals surface area contributed by atoms with E-state index in [1.54, 1.807) is 18.1 Å². The third-order valence-electron chi connectivity index (χ3n) is 4.82. The molecule has 0 spiro atoms. The molecule has 8 nitrogen and oxygen atoms in total. The number of carbonyl (C=O) groups excluding carboxylic acids is 1. The first kappa shape index (κ1) is 17.9. The summed E-state index contributed by atoms with van der Waals surface area (Å²) in [5.41, 5.74) is 0.798. The standard InChI is InChI=1S/C20H21N7OS/c1-14(28)23-15-2-6-17(7-3-15)29-25-12-19-21-10-11-26(19)20(13-25)27(16-4-5-16)18-8-9-22-24-18/h2-3,6-11,13,16H,4-5,12H2,1H3,(H,22,24)(H,23,28). The summed E-state index contributed by atoms with van der Waals surface area (Å²) in [4.78, 5) is 19.2. The maximum absolute atomic E-state index is 11.2. The Morgan fingerprint density at radius 3 is 2.76 bits per heavy atom. The van der Waals surface area contributed by atoms with Gasteiger partial charge in [-0.2, -0.15) is 5.10 Å². The van der Waals surface area contributed by atoms with Crippen LogP contribution in [0.25, 0.3) is 5.82 Å². The van der Waals surface area contributed by atoms with Crippen LogP contribution in [0.2, 0.25) is 0 Å². The van der Waals surface area contributed by atoms with Gasteiger partial charge in [0.25, 0.3) is 0 Å². The van der Waals surface area contributed by atoms with Crippen LogP contribution in [0.4, 0.5) is 11.5 Å². The zero-order valence-electron chi connectivity index (χ0n) is 15.9. The summed E-state index contributed by atoms with van der Waals surface area (Å²) in [6.07, 6.45) is 10.1. The lowest BCUT2D eigenvalue weighted by molar-refractivity contribution is -0.114. The minimum absolute atomic E-state index is 0.0696. The van der Waals surface area contributed by atoms with E-state index in [1.165, 1.54) is 6.92 Å². The molecule has 1 aliphatic heterocycles. The molecular formula is C20H21N7OS. The third-order valence-corrected chi connectivity index (χ3v) is 5.77. The summed E-state index contributed by atoms with van der Waals surface area (Å²) < 4.78 is 4.34. The van der Waals surface area contributed by atoms with Crippen molar-refractivity contribution in [2.45, 2.75) is 37.2 Å². The first-order valence-electron chi connectivity index (χ1n) is 9.53. The molecule has 3 heterocycles. The molecule has 1 aliphatic carbocycles. The van der Waals surface area contributed by atoms with Gasteiger partial charge in [0.1, 0.15) is 17.5 Å². The van der Waals surface area contributed by atoms with Gasteiger partial charge in [-0.15, -0.1) is 0 Å². The number of carbonyl (C=O) groups is 1. The van der Waals surface area contributed by atoms with Crippen molar-refractivity contribution in [3.8, 4) is 0 Å². The molecule has 0 unspecified atom stereocenters. The zero-order chi connectivity index (χ0) is 19.8. The normalized spacial score (nSPS) is 15.6. The molecule has 2 aromatic heterocycles. The molecule has 1 saturated carbocycles. The van der Waals surface area contributed by atoms with Crippen LogP contribution in [0, 0.1) is 0 Å². The van der Waals surface area contributed by atoms with Crippen LogP contribution in [0.5, 0.6) is 0 Å². The monoisotopic (exact) mass is 407 g/mol. The Balaban J connectivity index is 1.42. The Bertz CT molecular complexity index is 1040. The number of imidazole rings is 1. The van der Waals surface area contributed by atoms with Crippen LogP contribution in [-0.2, 0) is 11.3 Å². The van der Waals surface area contributed by atoms with Gasteiger partial charge < -0.3 is 14.5 Å². The van der Waals surface area contributed by atoms with Gasteiger partial charge in [0.05, 0.1) is 18.9 Å². The summed E-state index contributed by atoms with van der Waals surface area (Å²) in [6, 6.07) is 10.3. The summed E-state index contributed by atoms with van der Waals surface area (Å²) in [5, 5.41) is 10.0. The Morgan fingerprint density at radius 1 is 1.24 bits per heavy atom. The maximum atomic E-state index is 11.2. The van der Waals surface area contributed by atoms with Gasteiger partial charge in [0.15, 0.2) is 0 Å². The highest BCUT2D eigenvalue weighted by Gasteiger charge is 2.35. The molecule has 0 atom stereocenters. The summed E-state index contributed by atoms with van der Waals surface area (Å²) >= 11 is 1.65. The van der Waals surface area contributed by atoms with E-state index < -0.39 is 0 Å². The van der Waals surface area contributed by atoms with E-state index in [0.29, 0.717) is 12.6 Å². The fourth-order valence-electron chi connectivity index (χ4n) is 3.43. The van der Waals surface area contributed by atoms with E-state index >= 15 is 0 Å². The number of fused-ring (bicyclic) bond motifs is 1. The average Bonchev–Trinajstić information content (AvgIpc) is 3.17. The maximum Gasteiger partial charge on any atom is 0.221 e. The number of hydrogen-bond donors (Lipinski definition) is 2. The summed E-state index contributed by atoms with van der Waals surface area (Å²) in [7, 11) is 0. The second-order valence-corrected chi connectivity index (χ2v) is 8.24. The molecule has 2 aliphatic rings. The average molecular weight is 408 g/mol. The predicted octanol–water partition coefficient (Wildman–Crippen LogP) is 3.51. The lowest BCUT2D eigenvalue weighted by atomic mass is 10.3. The molecule has 9 heteroatoms. The quantitative estimate of drug-likeness (QED) is 0.609. The van der Waals surface area contributed by atoms with Gasteiger partial charge in [0, 0.05) is 42.0 Å². The molecule has 3 aromatic rings. The first-order chi connectivity index (χ1) is 14.2. The highest BCUT2D eigenvalue weighted by Crippen LogP contribution is 2.38. The Kier molecular flexibility index (Phi) is 4.51. The van der Waals surface area contributed by atoms with Crippen molar-refractivity contribution < 1.29 is 4.79 Å². The lowest BCUT2D eigenvalue weighted by Gasteiger charge is -2.33. The highest BCUT2D eigenvalue weighted by atomic mass is 32.2. The molecule has 0 saturated heterocycles. The zero-order valence-corrected chi connectivity index (χ0v) is 16.8. The minimum atomic E-state index is -0.0696. The summed E-state index contributed by atoms with van der Waals surface area (Å²) in [6.45, 7) is 2.21. The summed E-state index contributed by atoms with van der Waals surface area (Å²) in [5.74, 6) is 2.98. The first-order valence-corrected chi connectivity index (χ1v) is 10.3. The third kappa shape index (κ3) is 3.73. The molecule has 29 heavy (non-hydrogen) atoms. The van der Waals surface area contributed by atoms with Gasteiger partial charge in [-0.1, -0.05) is 0 Å². The van der Waals surface area contributed by atoms with E-state index in [4.69, 9.17) is 0 Å². The van der Waals surface area contributed by atoms with Gasteiger partial charge >= 0.3 is 0 Å². The Morgan fingerprint density at radius 2 is 2.07 bits per heavy atom. The minimum Gasteiger partial charge on any atom is -0.326 e. The van der Waals surface area contributed by atoms with Crippen molar-refractivity contribution in [1.29, 1.82) is 0 Å². The van der Waals surface area contributed by atoms with Crippen molar-refractivity contribution in [2.75, 3.05) is 10.2 Å². The number of amides is 1. The van der Waals surface area contributed by atoms with Crippen LogP contribution in [0.3, 0.4) is 0 Å². The predicted molar refractivity (Wildman–Crippen MR) is 113 cm³/mol. The number of H-pyrrole nitrogens is 1. The van der Waals surface area contributed by atoms with Crippen molar-refractivity contribution in [3.05, 3.63) is 60.9 Å². The smallest absolute Gasteiger partial charge is 0.221 e. The van der Waals surface area contributed by atoms with Crippen LogP contribution < -0.4 is 10.2 Å². The molecule has 1 fully saturated rings. The second kappa shape index (κ2) is 7.32. The molecule has 1 aromatic carbocycles. The number of hydrogen-bond acceptors (Lipinski definition) is 6. The molecule has 2 N–H and O–H groups in total. The number of nitrogens with zero attached hydrogens (tertiary/aromatic N) is 5. The van der Waals surface area contributed by atoms with E-state index in [9.17, 15) is 4.79 Å². The van der Waals surface area contributed by atoms with Crippen molar-refractivity contribution in [1.82, 2.24) is 24.1 Å². The number of aromatic nitrogens is 4. The van der Waals surface area contributed by atoms with Crippen molar-refractivity contribution in [3.63, 3.8) is 0 Å². The lowest BCUT2D eigenvalue weighted by Crippen LogP contribution is -2.32. The van der Waals surface area contributed by atoms with Gasteiger partial charge in [-0.25, -0.2) is 4.98 Å². The van der Waals surface area contributed by atoms with Crippen molar-refractivity contribution in [2.24, 2.45) is 0 Å². The second-order valence-electron chi connectivity index (χ2n) is 7.12. The van der Waals surface area contributed by atoms with Gasteiger partial charge in [-0.05, 0) is 49.1 Å². The van der Waals surface area contributed by atoms with E-state index in [-0.39, 0.29) is 5.91 Å². The van der Waals surface area contributed by atoms with Crippen LogP contribution in [-0.4, -0.2) is 36.0 Å². The Hall–Kier alpha value is -3.20. The number of aromatic amines is 1. The molecular weight excluding hydrogens is 386 g/mol. The molecule has 5 rings (SSSR count). The van der Waals surface area contributed by atoms with E-state index in [1.807, 2.05) is 42.7 Å². The van der Waals surface area contributed by atoms with Gasteiger partial charge in [0.2, 0.25) is 5.91 Å². The van der Waals surface area contributed by atoms with Gasteiger partial charge in [-0.3, -0.25) is 14.5 Å². The molecule has 0 radical (unpaired) electrons. The van der Waals surface area contributed by atoms with Crippen LogP contribution in [0.15, 0.2) is 60.0 Å². The van der Waals surface area contributed by atoms with E-state index in [2.05, 4.69) is 40.5 Å². The largest absolute Gasteiger partial charge is 0.326 e. The SMILES string of the molecule is CC(=O)Nc1ccc(SN2C=C(N(c3ccn[nH]3)C3CC3)n3ccnc3C2)cc1. The number of nitrogens with one attached hydrogen (secondary N) is 2. The number of anilines is 2. The molecule has 148 valence electrons. The number of rotatable bonds is 6. The van der Waals surface area contributed by atoms with Crippen LogP contribution >= 0.6 is 11.9 Å². The van der Waals surface area contributed by atoms with Crippen LogP contribution in [0.1, 0.15) is 25.6 Å². The fourth-order valence-corrected chi connectivity index (χ4v) is 4.29. The molecule has 0 bridgehead atoms. The number of benzene rings is 1. The Labute approximate surface area is 172 Å². The fraction of sp³-hybridized carbons (Fsp3) is 0.250.